The number of anilines is 1. The Balaban J connectivity index is 1.58. The SMILES string of the molecule is Cc1c(C#N)cnc(C(=O)Nc2ccc3c(c2)C(C=C2CCC2)=NC3)c1C. The molecule has 1 aliphatic heterocycles. The minimum Gasteiger partial charge on any atom is -0.321 e. The Hall–Kier alpha value is -3.26. The van der Waals surface area contributed by atoms with Crippen LogP contribution in [-0.2, 0) is 6.54 Å². The fourth-order valence-corrected chi connectivity index (χ4v) is 3.36. The number of allylic oxidation sites excluding steroid dienone is 2. The average molecular weight is 356 g/mol. The molecular weight excluding hydrogens is 336 g/mol. The summed E-state index contributed by atoms with van der Waals surface area (Å²) in [6.07, 6.45) is 7.23. The number of fused-ring (bicyclic) bond motifs is 1. The molecule has 5 nitrogen and oxygen atoms in total. The Morgan fingerprint density at radius 3 is 2.78 bits per heavy atom. The highest BCUT2D eigenvalue weighted by atomic mass is 16.1. The largest absolute Gasteiger partial charge is 0.321 e. The van der Waals surface area contributed by atoms with Crippen molar-refractivity contribution in [2.24, 2.45) is 4.99 Å². The van der Waals surface area contributed by atoms with Gasteiger partial charge in [0.1, 0.15) is 11.8 Å². The molecular formula is C22H20N4O. The first-order valence-electron chi connectivity index (χ1n) is 9.11. The van der Waals surface area contributed by atoms with Gasteiger partial charge in [-0.2, -0.15) is 5.26 Å². The maximum atomic E-state index is 12.7. The zero-order valence-corrected chi connectivity index (χ0v) is 15.5. The van der Waals surface area contributed by atoms with Gasteiger partial charge in [-0.15, -0.1) is 0 Å². The lowest BCUT2D eigenvalue weighted by atomic mass is 9.90. The molecule has 0 radical (unpaired) electrons. The number of carbonyl (C=O) groups is 1. The topological polar surface area (TPSA) is 78.1 Å². The van der Waals surface area contributed by atoms with Crippen molar-refractivity contribution in [3.63, 3.8) is 0 Å². The van der Waals surface area contributed by atoms with E-state index in [1.54, 1.807) is 0 Å². The van der Waals surface area contributed by atoms with Crippen molar-refractivity contribution in [3.8, 4) is 6.07 Å². The van der Waals surface area contributed by atoms with Gasteiger partial charge in [-0.05, 0) is 68.0 Å². The molecule has 1 aromatic heterocycles. The molecule has 0 unspecified atom stereocenters. The number of amides is 1. The fourth-order valence-electron chi connectivity index (χ4n) is 3.36. The van der Waals surface area contributed by atoms with Gasteiger partial charge < -0.3 is 5.32 Å². The summed E-state index contributed by atoms with van der Waals surface area (Å²) in [5, 5.41) is 12.0. The van der Waals surface area contributed by atoms with Crippen LogP contribution in [0.3, 0.4) is 0 Å². The highest BCUT2D eigenvalue weighted by Gasteiger charge is 2.19. The number of hydrogen-bond donors (Lipinski definition) is 1. The quantitative estimate of drug-likeness (QED) is 0.893. The van der Waals surface area contributed by atoms with E-state index in [-0.39, 0.29) is 5.91 Å². The first kappa shape index (κ1) is 17.2. The molecule has 0 bridgehead atoms. The predicted molar refractivity (Wildman–Crippen MR) is 105 cm³/mol. The summed E-state index contributed by atoms with van der Waals surface area (Å²) in [4.78, 5) is 21.5. The van der Waals surface area contributed by atoms with Crippen LogP contribution in [0.25, 0.3) is 0 Å². The van der Waals surface area contributed by atoms with E-state index < -0.39 is 0 Å². The molecule has 1 fully saturated rings. The van der Waals surface area contributed by atoms with Gasteiger partial charge in [0.2, 0.25) is 0 Å². The maximum Gasteiger partial charge on any atom is 0.274 e. The summed E-state index contributed by atoms with van der Waals surface area (Å²) >= 11 is 0. The zero-order valence-electron chi connectivity index (χ0n) is 15.5. The monoisotopic (exact) mass is 356 g/mol. The van der Waals surface area contributed by atoms with Crippen molar-refractivity contribution in [3.05, 3.63) is 69.6 Å². The molecule has 134 valence electrons. The molecule has 4 rings (SSSR count). The van der Waals surface area contributed by atoms with Crippen LogP contribution in [0, 0.1) is 25.2 Å². The number of hydrogen-bond acceptors (Lipinski definition) is 4. The highest BCUT2D eigenvalue weighted by Crippen LogP contribution is 2.29. The van der Waals surface area contributed by atoms with E-state index in [1.165, 1.54) is 23.8 Å². The van der Waals surface area contributed by atoms with Crippen LogP contribution in [0.2, 0.25) is 0 Å². The lowest BCUT2D eigenvalue weighted by molar-refractivity contribution is 0.102. The van der Waals surface area contributed by atoms with Crippen molar-refractivity contribution in [1.82, 2.24) is 4.98 Å². The van der Waals surface area contributed by atoms with Crippen LogP contribution < -0.4 is 5.32 Å². The molecule has 1 saturated carbocycles. The van der Waals surface area contributed by atoms with Gasteiger partial charge in [0.05, 0.1) is 17.8 Å². The summed E-state index contributed by atoms with van der Waals surface area (Å²) in [5.74, 6) is -0.270. The smallest absolute Gasteiger partial charge is 0.274 e. The Morgan fingerprint density at radius 2 is 2.07 bits per heavy atom. The lowest BCUT2D eigenvalue weighted by Gasteiger charge is -2.16. The zero-order chi connectivity index (χ0) is 19.0. The van der Waals surface area contributed by atoms with Gasteiger partial charge in [-0.3, -0.25) is 9.79 Å². The van der Waals surface area contributed by atoms with E-state index in [0.717, 1.165) is 40.9 Å². The van der Waals surface area contributed by atoms with Crippen LogP contribution in [0.4, 0.5) is 5.69 Å². The molecule has 1 amide bonds. The van der Waals surface area contributed by atoms with Crippen molar-refractivity contribution in [2.45, 2.75) is 39.7 Å². The molecule has 5 heteroatoms. The van der Waals surface area contributed by atoms with Gasteiger partial charge in [0.25, 0.3) is 5.91 Å². The highest BCUT2D eigenvalue weighted by molar-refractivity contribution is 6.13. The van der Waals surface area contributed by atoms with E-state index in [2.05, 4.69) is 27.4 Å². The molecule has 1 N–H and O–H groups in total. The number of rotatable bonds is 3. The number of aliphatic imine (C=N–C) groups is 1. The summed E-state index contributed by atoms with van der Waals surface area (Å²) < 4.78 is 0. The number of pyridine rings is 1. The molecule has 2 heterocycles. The molecule has 1 aromatic carbocycles. The molecule has 0 saturated heterocycles. The third kappa shape index (κ3) is 3.15. The van der Waals surface area contributed by atoms with Crippen molar-refractivity contribution >= 4 is 17.3 Å². The normalized spacial score (nSPS) is 14.7. The molecule has 1 aliphatic carbocycles. The number of carbonyl (C=O) groups excluding carboxylic acids is 1. The summed E-state index contributed by atoms with van der Waals surface area (Å²) in [6.45, 7) is 4.34. The predicted octanol–water partition coefficient (Wildman–Crippen LogP) is 4.24. The van der Waals surface area contributed by atoms with E-state index in [1.807, 2.05) is 32.0 Å². The van der Waals surface area contributed by atoms with Gasteiger partial charge >= 0.3 is 0 Å². The second-order valence-electron chi connectivity index (χ2n) is 7.07. The van der Waals surface area contributed by atoms with Crippen LogP contribution in [-0.4, -0.2) is 16.6 Å². The number of aromatic nitrogens is 1. The summed E-state index contributed by atoms with van der Waals surface area (Å²) in [6, 6.07) is 8.00. The lowest BCUT2D eigenvalue weighted by Crippen LogP contribution is -2.16. The summed E-state index contributed by atoms with van der Waals surface area (Å²) in [5.41, 5.74) is 7.81. The van der Waals surface area contributed by atoms with Crippen LogP contribution in [0.1, 0.15) is 57.6 Å². The third-order valence-electron chi connectivity index (χ3n) is 5.38. The number of nitrogens with one attached hydrogen (secondary N) is 1. The van der Waals surface area contributed by atoms with Crippen LogP contribution >= 0.6 is 0 Å². The maximum absolute atomic E-state index is 12.7. The molecule has 0 atom stereocenters. The van der Waals surface area contributed by atoms with Gasteiger partial charge in [-0.1, -0.05) is 11.6 Å². The van der Waals surface area contributed by atoms with Crippen LogP contribution in [0.15, 0.2) is 41.0 Å². The molecule has 27 heavy (non-hydrogen) atoms. The Kier molecular flexibility index (Phi) is 4.33. The van der Waals surface area contributed by atoms with Crippen molar-refractivity contribution in [1.29, 1.82) is 5.26 Å². The second-order valence-corrected chi connectivity index (χ2v) is 7.07. The Morgan fingerprint density at radius 1 is 1.26 bits per heavy atom. The van der Waals surface area contributed by atoms with Crippen molar-refractivity contribution in [2.75, 3.05) is 5.32 Å². The van der Waals surface area contributed by atoms with E-state index >= 15 is 0 Å². The van der Waals surface area contributed by atoms with Crippen molar-refractivity contribution < 1.29 is 4.79 Å². The minimum absolute atomic E-state index is 0.270. The van der Waals surface area contributed by atoms with Gasteiger partial charge in [0.15, 0.2) is 0 Å². The molecule has 2 aromatic rings. The summed E-state index contributed by atoms with van der Waals surface area (Å²) in [7, 11) is 0. The Bertz CT molecular complexity index is 1050. The first-order valence-corrected chi connectivity index (χ1v) is 9.11. The van der Waals surface area contributed by atoms with E-state index in [9.17, 15) is 4.79 Å². The van der Waals surface area contributed by atoms with Gasteiger partial charge in [0, 0.05) is 17.4 Å². The fraction of sp³-hybridized carbons (Fsp3) is 0.273. The minimum atomic E-state index is -0.270. The van der Waals surface area contributed by atoms with E-state index in [0.29, 0.717) is 17.8 Å². The number of nitrogens with zero attached hydrogens (tertiary/aromatic N) is 3. The number of nitriles is 1. The second kappa shape index (κ2) is 6.81. The van der Waals surface area contributed by atoms with E-state index in [4.69, 9.17) is 5.26 Å². The molecule has 2 aliphatic rings. The standard InChI is InChI=1S/C22H20N4O/c1-13-14(2)21(25-12-17(13)10-23)22(27)26-18-7-6-16-11-24-20(19(16)9-18)8-15-4-3-5-15/h6-9,12H,3-5,11H2,1-2H3,(H,26,27). The molecule has 0 spiro atoms. The average Bonchev–Trinajstić information content (AvgIpc) is 3.02. The third-order valence-corrected chi connectivity index (χ3v) is 5.38. The van der Waals surface area contributed by atoms with Crippen LogP contribution in [0.5, 0.6) is 0 Å². The first-order chi connectivity index (χ1) is 13.1. The Labute approximate surface area is 158 Å². The van der Waals surface area contributed by atoms with Gasteiger partial charge in [-0.25, -0.2) is 4.98 Å². The number of benzene rings is 1.